The van der Waals surface area contributed by atoms with E-state index in [0.717, 1.165) is 23.3 Å². The minimum Gasteiger partial charge on any atom is -0.507 e. The molecular weight excluding hydrogens is 243 g/mol. The highest BCUT2D eigenvalue weighted by Gasteiger charge is 2.09. The molecule has 2 aromatic rings. The van der Waals surface area contributed by atoms with Gasteiger partial charge in [0.15, 0.2) is 5.78 Å². The largest absolute Gasteiger partial charge is 0.507 e. The Balaban J connectivity index is 2.21. The molecule has 0 aliphatic carbocycles. The summed E-state index contributed by atoms with van der Waals surface area (Å²) in [6, 6.07) is 10.9. The van der Waals surface area contributed by atoms with E-state index < -0.39 is 11.6 Å². The van der Waals surface area contributed by atoms with Crippen LogP contribution in [0, 0.1) is 12.7 Å². The van der Waals surface area contributed by atoms with Crippen LogP contribution in [0.4, 0.5) is 4.39 Å². The molecular formula is C16H13FO2. The van der Waals surface area contributed by atoms with Gasteiger partial charge in [0.1, 0.15) is 11.6 Å². The number of hydrogen-bond donors (Lipinski definition) is 1. The van der Waals surface area contributed by atoms with Crippen LogP contribution in [0.3, 0.4) is 0 Å². The highest BCUT2D eigenvalue weighted by atomic mass is 19.1. The van der Waals surface area contributed by atoms with E-state index in [-0.39, 0.29) is 11.3 Å². The molecule has 2 rings (SSSR count). The fourth-order valence-electron chi connectivity index (χ4n) is 1.64. The van der Waals surface area contributed by atoms with E-state index in [1.54, 1.807) is 6.08 Å². The van der Waals surface area contributed by atoms with Crippen LogP contribution >= 0.6 is 0 Å². The monoisotopic (exact) mass is 256 g/mol. The van der Waals surface area contributed by atoms with Crippen molar-refractivity contribution >= 4 is 11.9 Å². The first-order chi connectivity index (χ1) is 9.06. The Hall–Kier alpha value is -2.42. The van der Waals surface area contributed by atoms with Crippen LogP contribution < -0.4 is 0 Å². The summed E-state index contributed by atoms with van der Waals surface area (Å²) in [6.45, 7) is 1.98. The first-order valence-corrected chi connectivity index (χ1v) is 5.84. The zero-order chi connectivity index (χ0) is 13.8. The molecule has 19 heavy (non-hydrogen) atoms. The molecule has 0 spiro atoms. The predicted molar refractivity (Wildman–Crippen MR) is 72.6 cm³/mol. The summed E-state index contributed by atoms with van der Waals surface area (Å²) in [5.74, 6) is -1.21. The number of carbonyl (C=O) groups is 1. The predicted octanol–water partition coefficient (Wildman–Crippen LogP) is 3.74. The second-order valence-electron chi connectivity index (χ2n) is 4.27. The number of phenolic OH excluding ortho intramolecular Hbond substituents is 1. The van der Waals surface area contributed by atoms with Crippen LogP contribution in [0.5, 0.6) is 5.75 Å². The molecule has 0 aliphatic rings. The number of hydrogen-bond acceptors (Lipinski definition) is 2. The van der Waals surface area contributed by atoms with E-state index in [0.29, 0.717) is 0 Å². The Morgan fingerprint density at radius 1 is 1.16 bits per heavy atom. The molecule has 96 valence electrons. The minimum absolute atomic E-state index is 0.0386. The second kappa shape index (κ2) is 5.48. The lowest BCUT2D eigenvalue weighted by Crippen LogP contribution is -1.95. The zero-order valence-electron chi connectivity index (χ0n) is 10.4. The Morgan fingerprint density at radius 2 is 1.84 bits per heavy atom. The summed E-state index contributed by atoms with van der Waals surface area (Å²) >= 11 is 0. The molecule has 0 atom stereocenters. The van der Waals surface area contributed by atoms with Crippen molar-refractivity contribution in [3.63, 3.8) is 0 Å². The summed E-state index contributed by atoms with van der Waals surface area (Å²) in [5, 5.41) is 9.52. The fourth-order valence-corrected chi connectivity index (χ4v) is 1.64. The van der Waals surface area contributed by atoms with Gasteiger partial charge in [-0.1, -0.05) is 35.9 Å². The standard InChI is InChI=1S/C16H13FO2/c1-11-2-4-12(5-3-11)6-8-15(18)14-10-13(17)7-9-16(14)19/h2-10,19H,1H3. The number of aromatic hydroxyl groups is 1. The van der Waals surface area contributed by atoms with E-state index in [9.17, 15) is 14.3 Å². The van der Waals surface area contributed by atoms with Gasteiger partial charge < -0.3 is 5.11 Å². The molecule has 1 N–H and O–H groups in total. The smallest absolute Gasteiger partial charge is 0.189 e. The van der Waals surface area contributed by atoms with Crippen molar-refractivity contribution in [2.45, 2.75) is 6.92 Å². The van der Waals surface area contributed by atoms with Gasteiger partial charge in [0, 0.05) is 0 Å². The van der Waals surface area contributed by atoms with Gasteiger partial charge in [0.2, 0.25) is 0 Å². The average molecular weight is 256 g/mol. The van der Waals surface area contributed by atoms with Crippen LogP contribution in [-0.2, 0) is 0 Å². The summed E-state index contributed by atoms with van der Waals surface area (Å²) in [6.07, 6.45) is 2.95. The number of carbonyl (C=O) groups excluding carboxylic acids is 1. The molecule has 0 heterocycles. The lowest BCUT2D eigenvalue weighted by molar-refractivity contribution is 0.104. The third kappa shape index (κ3) is 3.28. The second-order valence-corrected chi connectivity index (χ2v) is 4.27. The zero-order valence-corrected chi connectivity index (χ0v) is 10.4. The van der Waals surface area contributed by atoms with Gasteiger partial charge in [0.05, 0.1) is 5.56 Å². The molecule has 2 aromatic carbocycles. The number of halogens is 1. The van der Waals surface area contributed by atoms with Crippen LogP contribution in [0.2, 0.25) is 0 Å². The number of benzene rings is 2. The van der Waals surface area contributed by atoms with Gasteiger partial charge in [-0.05, 0) is 36.8 Å². The molecule has 0 saturated heterocycles. The number of phenols is 1. The molecule has 0 amide bonds. The molecule has 0 saturated carbocycles. The topological polar surface area (TPSA) is 37.3 Å². The Bertz CT molecular complexity index is 628. The molecule has 2 nitrogen and oxygen atoms in total. The summed E-state index contributed by atoms with van der Waals surface area (Å²) in [5.41, 5.74) is 1.96. The van der Waals surface area contributed by atoms with Gasteiger partial charge in [0.25, 0.3) is 0 Å². The highest BCUT2D eigenvalue weighted by Crippen LogP contribution is 2.19. The van der Waals surface area contributed by atoms with E-state index in [2.05, 4.69) is 0 Å². The third-order valence-corrected chi connectivity index (χ3v) is 2.73. The number of aryl methyl sites for hydroxylation is 1. The summed E-state index contributed by atoms with van der Waals surface area (Å²) in [4.78, 5) is 11.8. The number of allylic oxidation sites excluding steroid dienone is 1. The lowest BCUT2D eigenvalue weighted by atomic mass is 10.1. The molecule has 0 fully saturated rings. The number of ketones is 1. The van der Waals surface area contributed by atoms with Crippen LogP contribution in [0.1, 0.15) is 21.5 Å². The van der Waals surface area contributed by atoms with Crippen molar-refractivity contribution in [2.24, 2.45) is 0 Å². The van der Waals surface area contributed by atoms with Crippen molar-refractivity contribution in [2.75, 3.05) is 0 Å². The van der Waals surface area contributed by atoms with Crippen molar-refractivity contribution in [1.82, 2.24) is 0 Å². The molecule has 0 unspecified atom stereocenters. The lowest BCUT2D eigenvalue weighted by Gasteiger charge is -2.00. The van der Waals surface area contributed by atoms with Gasteiger partial charge in [-0.15, -0.1) is 0 Å². The Labute approximate surface area is 110 Å². The van der Waals surface area contributed by atoms with Gasteiger partial charge in [-0.3, -0.25) is 4.79 Å². The maximum Gasteiger partial charge on any atom is 0.189 e. The quantitative estimate of drug-likeness (QED) is 0.671. The van der Waals surface area contributed by atoms with Crippen LogP contribution in [0.15, 0.2) is 48.5 Å². The van der Waals surface area contributed by atoms with E-state index in [4.69, 9.17) is 0 Å². The molecule has 3 heteroatoms. The molecule has 0 aromatic heterocycles. The average Bonchev–Trinajstić information content (AvgIpc) is 2.40. The summed E-state index contributed by atoms with van der Waals surface area (Å²) < 4.78 is 13.0. The third-order valence-electron chi connectivity index (χ3n) is 2.73. The van der Waals surface area contributed by atoms with Crippen LogP contribution in [0.25, 0.3) is 6.08 Å². The number of rotatable bonds is 3. The maximum absolute atomic E-state index is 13.0. The van der Waals surface area contributed by atoms with E-state index >= 15 is 0 Å². The van der Waals surface area contributed by atoms with E-state index in [1.807, 2.05) is 31.2 Å². The SMILES string of the molecule is Cc1ccc(C=CC(=O)c2cc(F)ccc2O)cc1. The summed E-state index contributed by atoms with van der Waals surface area (Å²) in [7, 11) is 0. The van der Waals surface area contributed by atoms with Gasteiger partial charge >= 0.3 is 0 Å². The minimum atomic E-state index is -0.551. The van der Waals surface area contributed by atoms with Crippen molar-refractivity contribution < 1.29 is 14.3 Å². The van der Waals surface area contributed by atoms with Crippen molar-refractivity contribution in [3.05, 3.63) is 71.0 Å². The van der Waals surface area contributed by atoms with Crippen LogP contribution in [-0.4, -0.2) is 10.9 Å². The normalized spacial score (nSPS) is 10.8. The van der Waals surface area contributed by atoms with Crippen molar-refractivity contribution in [3.8, 4) is 5.75 Å². The Morgan fingerprint density at radius 3 is 2.53 bits per heavy atom. The fraction of sp³-hybridized carbons (Fsp3) is 0.0625. The first-order valence-electron chi connectivity index (χ1n) is 5.84. The molecule has 0 radical (unpaired) electrons. The van der Waals surface area contributed by atoms with Gasteiger partial charge in [-0.2, -0.15) is 0 Å². The van der Waals surface area contributed by atoms with Crippen molar-refractivity contribution in [1.29, 1.82) is 0 Å². The Kier molecular flexibility index (Phi) is 3.76. The maximum atomic E-state index is 13.0. The van der Waals surface area contributed by atoms with E-state index in [1.165, 1.54) is 12.1 Å². The molecule has 0 bridgehead atoms. The highest BCUT2D eigenvalue weighted by molar-refractivity contribution is 6.08. The van der Waals surface area contributed by atoms with Gasteiger partial charge in [-0.25, -0.2) is 4.39 Å². The molecule has 0 aliphatic heterocycles. The first kappa shape index (κ1) is 13.0.